The van der Waals surface area contributed by atoms with E-state index in [2.05, 4.69) is 21.0 Å². The lowest BCUT2D eigenvalue weighted by molar-refractivity contribution is -0.118. The fraction of sp³-hybridized carbons (Fsp3) is 0.226. The first kappa shape index (κ1) is 35.1. The molecule has 4 N–H and O–H groups in total. The van der Waals surface area contributed by atoms with Crippen LogP contribution in [0.4, 0.5) is 35.0 Å². The van der Waals surface area contributed by atoms with Gasteiger partial charge in [-0.1, -0.05) is 12.1 Å². The number of nitrogens with zero attached hydrogens (tertiary/aromatic N) is 3. The lowest BCUT2D eigenvalue weighted by Crippen LogP contribution is -2.41. The van der Waals surface area contributed by atoms with Crippen molar-refractivity contribution in [2.24, 2.45) is 0 Å². The second-order valence-electron chi connectivity index (χ2n) is 10.0. The smallest absolute Gasteiger partial charge is 0.343 e. The molecule has 244 valence electrons. The minimum Gasteiger partial charge on any atom is -0.494 e. The summed E-state index contributed by atoms with van der Waals surface area (Å²) < 4.78 is 49.4. The molecule has 3 aromatic rings. The Morgan fingerprint density at radius 3 is 2.02 bits per heavy atom. The summed E-state index contributed by atoms with van der Waals surface area (Å²) in [6, 6.07) is 12.8. The van der Waals surface area contributed by atoms with Crippen molar-refractivity contribution in [1.29, 1.82) is 5.41 Å². The van der Waals surface area contributed by atoms with Crippen LogP contribution >= 0.6 is 0 Å². The third-order valence-electron chi connectivity index (χ3n) is 6.44. The average Bonchev–Trinajstić information content (AvgIpc) is 3.01. The van der Waals surface area contributed by atoms with Crippen LogP contribution in [0.15, 0.2) is 71.9 Å². The molecule has 0 saturated carbocycles. The highest BCUT2D eigenvalue weighted by molar-refractivity contribution is 6.29. The van der Waals surface area contributed by atoms with Gasteiger partial charge in [0.2, 0.25) is 6.41 Å². The number of rotatable bonds is 13. The van der Waals surface area contributed by atoms with E-state index in [1.54, 1.807) is 43.3 Å². The maximum atomic E-state index is 15.3. The molecule has 0 aliphatic heterocycles. The van der Waals surface area contributed by atoms with Crippen molar-refractivity contribution in [3.63, 3.8) is 0 Å². The monoisotopic (exact) mass is 641 g/mol. The summed E-state index contributed by atoms with van der Waals surface area (Å²) in [5.41, 5.74) is 1.82. The number of anilines is 3. The molecule has 12 nitrogen and oxygen atoms in total. The lowest BCUT2D eigenvalue weighted by atomic mass is 10.1. The van der Waals surface area contributed by atoms with E-state index in [0.29, 0.717) is 16.3 Å². The lowest BCUT2D eigenvalue weighted by Gasteiger charge is -2.28. The molecular weight excluding hydrogens is 607 g/mol. The Balaban J connectivity index is 2.15. The van der Waals surface area contributed by atoms with E-state index >= 15 is 4.39 Å². The van der Waals surface area contributed by atoms with E-state index in [1.165, 1.54) is 45.5 Å². The standard InChI is InChI=1S/C31H34F3N7O5/c1-39(2)17-24(36-19-12-14-20(15-13-19)37-31(44)38-46-5)27(29(35)40(3)16-21-22(32)8-6-9-23(21)33)30(43)41(18-42)25-10-7-11-26(45-4)28(25)34/h6-15,18,35-36H,16-17H2,1-5H3,(H2,37,38,44)/b27-24+,35-29?. The number of ether oxygens (including phenoxy) is 1. The third-order valence-corrected chi connectivity index (χ3v) is 6.44. The molecule has 0 radical (unpaired) electrons. The number of nitrogens with one attached hydrogen (secondary N) is 4. The van der Waals surface area contributed by atoms with Crippen molar-refractivity contribution in [2.45, 2.75) is 6.54 Å². The third kappa shape index (κ3) is 8.61. The number of benzene rings is 3. The van der Waals surface area contributed by atoms with Gasteiger partial charge in [-0.2, -0.15) is 0 Å². The molecule has 0 fully saturated rings. The molecule has 4 amide bonds. The minimum atomic E-state index is -1.10. The van der Waals surface area contributed by atoms with Gasteiger partial charge in [0.1, 0.15) is 23.0 Å². The fourth-order valence-electron chi connectivity index (χ4n) is 4.30. The van der Waals surface area contributed by atoms with Gasteiger partial charge in [-0.15, -0.1) is 0 Å². The summed E-state index contributed by atoms with van der Waals surface area (Å²) >= 11 is 0. The zero-order valence-corrected chi connectivity index (χ0v) is 25.8. The molecule has 0 saturated heterocycles. The molecule has 0 aliphatic carbocycles. The van der Waals surface area contributed by atoms with Crippen molar-refractivity contribution < 1.29 is 37.1 Å². The van der Waals surface area contributed by atoms with Gasteiger partial charge in [-0.25, -0.2) is 28.3 Å². The van der Waals surface area contributed by atoms with Crippen LogP contribution in [-0.2, 0) is 21.0 Å². The molecule has 0 spiro atoms. The molecule has 0 atom stereocenters. The van der Waals surface area contributed by atoms with Crippen LogP contribution in [0.1, 0.15) is 5.56 Å². The number of likely N-dealkylation sites (N-methyl/N-ethyl adjacent to an activating group) is 2. The summed E-state index contributed by atoms with van der Waals surface area (Å²) in [5.74, 6) is -4.58. The number of carbonyl (C=O) groups is 3. The van der Waals surface area contributed by atoms with Crippen LogP contribution in [0.3, 0.4) is 0 Å². The van der Waals surface area contributed by atoms with Crippen LogP contribution in [0, 0.1) is 22.9 Å². The van der Waals surface area contributed by atoms with Gasteiger partial charge in [0.15, 0.2) is 11.6 Å². The number of imide groups is 1. The second kappa shape index (κ2) is 16.1. The second-order valence-corrected chi connectivity index (χ2v) is 10.0. The van der Waals surface area contributed by atoms with E-state index in [1.807, 2.05) is 0 Å². The largest absolute Gasteiger partial charge is 0.494 e. The number of methoxy groups -OCH3 is 1. The number of carbonyl (C=O) groups excluding carboxylic acids is 3. The normalized spacial score (nSPS) is 11.3. The summed E-state index contributed by atoms with van der Waals surface area (Å²) in [6.07, 6.45) is 0.100. The summed E-state index contributed by atoms with van der Waals surface area (Å²) in [7, 11) is 7.22. The molecule has 0 heterocycles. The Bertz CT molecular complexity index is 1600. The van der Waals surface area contributed by atoms with Gasteiger partial charge in [-0.3, -0.25) is 19.8 Å². The molecule has 46 heavy (non-hydrogen) atoms. The molecule has 15 heteroatoms. The SMILES string of the molecule is CONC(=O)Nc1ccc(N/C(CN(C)C)=C(\C(=N)N(C)Cc2c(F)cccc2F)C(=O)N(C=O)c2cccc(OC)c2F)cc1. The van der Waals surface area contributed by atoms with E-state index in [-0.39, 0.29) is 30.0 Å². The fourth-order valence-corrected chi connectivity index (χ4v) is 4.30. The van der Waals surface area contributed by atoms with Gasteiger partial charge >= 0.3 is 6.03 Å². The van der Waals surface area contributed by atoms with Crippen LogP contribution in [0.25, 0.3) is 0 Å². The van der Waals surface area contributed by atoms with Crippen molar-refractivity contribution >= 4 is 41.2 Å². The number of halogens is 3. The molecule has 0 unspecified atom stereocenters. The maximum absolute atomic E-state index is 15.3. The Morgan fingerprint density at radius 2 is 1.48 bits per heavy atom. The van der Waals surface area contributed by atoms with E-state index in [0.717, 1.165) is 17.0 Å². The predicted molar refractivity (Wildman–Crippen MR) is 167 cm³/mol. The zero-order valence-electron chi connectivity index (χ0n) is 25.8. The number of amides is 4. The summed E-state index contributed by atoms with van der Waals surface area (Å²) in [6.45, 7) is -0.462. The number of hydrogen-bond acceptors (Lipinski definition) is 8. The van der Waals surface area contributed by atoms with Crippen molar-refractivity contribution in [3.8, 4) is 5.75 Å². The Hall–Kier alpha value is -5.41. The summed E-state index contributed by atoms with van der Waals surface area (Å²) in [4.78, 5) is 46.2. The quantitative estimate of drug-likeness (QED) is 0.0712. The van der Waals surface area contributed by atoms with E-state index in [4.69, 9.17) is 10.1 Å². The minimum absolute atomic E-state index is 0.00507. The first-order valence-electron chi connectivity index (χ1n) is 13.6. The highest BCUT2D eigenvalue weighted by atomic mass is 19.1. The first-order valence-corrected chi connectivity index (χ1v) is 13.6. The Morgan fingerprint density at radius 1 is 0.891 bits per heavy atom. The van der Waals surface area contributed by atoms with Gasteiger partial charge in [-0.05, 0) is 62.6 Å². The van der Waals surface area contributed by atoms with Crippen LogP contribution in [0.5, 0.6) is 5.75 Å². The molecule has 0 aromatic heterocycles. The molecule has 3 rings (SSSR count). The Labute approximate surface area is 263 Å². The van der Waals surface area contributed by atoms with Crippen LogP contribution < -0.4 is 25.8 Å². The predicted octanol–water partition coefficient (Wildman–Crippen LogP) is 4.32. The number of amidine groups is 1. The van der Waals surface area contributed by atoms with Crippen molar-refractivity contribution in [1.82, 2.24) is 15.3 Å². The van der Waals surface area contributed by atoms with Gasteiger partial charge in [0, 0.05) is 42.8 Å². The van der Waals surface area contributed by atoms with E-state index < -0.39 is 53.0 Å². The topological polar surface area (TPSA) is 139 Å². The summed E-state index contributed by atoms with van der Waals surface area (Å²) in [5, 5.41) is 14.7. The molecule has 3 aromatic carbocycles. The maximum Gasteiger partial charge on any atom is 0.343 e. The zero-order chi connectivity index (χ0) is 34.0. The molecule has 0 aliphatic rings. The highest BCUT2D eigenvalue weighted by Crippen LogP contribution is 2.29. The van der Waals surface area contributed by atoms with Crippen LogP contribution in [0.2, 0.25) is 0 Å². The number of hydrogen-bond donors (Lipinski definition) is 4. The Kier molecular flexibility index (Phi) is 12.2. The van der Waals surface area contributed by atoms with Crippen LogP contribution in [-0.4, -0.2) is 75.9 Å². The first-order chi connectivity index (χ1) is 21.9. The molecule has 0 bridgehead atoms. The van der Waals surface area contributed by atoms with Crippen molar-refractivity contribution in [2.75, 3.05) is 57.4 Å². The van der Waals surface area contributed by atoms with Gasteiger partial charge in [0.25, 0.3) is 5.91 Å². The van der Waals surface area contributed by atoms with Crippen molar-refractivity contribution in [3.05, 3.63) is 94.9 Å². The van der Waals surface area contributed by atoms with Gasteiger partial charge in [0.05, 0.1) is 19.9 Å². The molecular formula is C31H34F3N7O5. The number of hydroxylamine groups is 1. The van der Waals surface area contributed by atoms with Gasteiger partial charge < -0.3 is 25.2 Å². The average molecular weight is 642 g/mol. The number of urea groups is 1. The highest BCUT2D eigenvalue weighted by Gasteiger charge is 2.31. The van der Waals surface area contributed by atoms with E-state index in [9.17, 15) is 23.2 Å².